The number of benzene rings is 1. The number of ether oxygens (including phenoxy) is 1. The highest BCUT2D eigenvalue weighted by Gasteiger charge is 2.08. The van der Waals surface area contributed by atoms with Gasteiger partial charge in [-0.3, -0.25) is 0 Å². The Labute approximate surface area is 128 Å². The molecule has 112 valence electrons. The summed E-state index contributed by atoms with van der Waals surface area (Å²) in [6.07, 6.45) is 3.52. The van der Waals surface area contributed by atoms with Crippen LogP contribution in [-0.2, 0) is 6.54 Å². The summed E-state index contributed by atoms with van der Waals surface area (Å²) in [5, 5.41) is 8.30. The summed E-state index contributed by atoms with van der Waals surface area (Å²) in [5.41, 5.74) is 8.49. The Hall–Kier alpha value is -2.89. The first-order chi connectivity index (χ1) is 10.8. The molecule has 6 heteroatoms. The van der Waals surface area contributed by atoms with Crippen molar-refractivity contribution in [3.63, 3.8) is 0 Å². The topological polar surface area (TPSA) is 78.9 Å². The van der Waals surface area contributed by atoms with E-state index >= 15 is 0 Å². The number of hydrogen-bond acceptors (Lipinski definition) is 5. The van der Waals surface area contributed by atoms with Crippen LogP contribution < -0.4 is 10.5 Å². The van der Waals surface area contributed by atoms with Crippen LogP contribution in [0.3, 0.4) is 0 Å². The standard InChI is InChI=1S/C16H17N5O/c1-2-22-13-7-5-12(6-8-13)10-21-11-15(19-20-21)14-4-3-9-18-16(14)17/h3-9,11H,2,10H2,1H3,(H2,17,18). The minimum Gasteiger partial charge on any atom is -0.494 e. The molecule has 0 fully saturated rings. The highest BCUT2D eigenvalue weighted by atomic mass is 16.5. The molecule has 6 nitrogen and oxygen atoms in total. The zero-order valence-electron chi connectivity index (χ0n) is 12.3. The van der Waals surface area contributed by atoms with Gasteiger partial charge in [0.05, 0.1) is 19.3 Å². The van der Waals surface area contributed by atoms with Crippen molar-refractivity contribution in [2.45, 2.75) is 13.5 Å². The molecule has 22 heavy (non-hydrogen) atoms. The Morgan fingerprint density at radius 3 is 2.73 bits per heavy atom. The van der Waals surface area contributed by atoms with E-state index in [9.17, 15) is 0 Å². The minimum absolute atomic E-state index is 0.454. The molecule has 0 saturated heterocycles. The normalized spacial score (nSPS) is 10.6. The first kappa shape index (κ1) is 14.1. The van der Waals surface area contributed by atoms with Crippen molar-refractivity contribution < 1.29 is 4.74 Å². The van der Waals surface area contributed by atoms with Crippen LogP contribution in [0.5, 0.6) is 5.75 Å². The zero-order valence-corrected chi connectivity index (χ0v) is 12.3. The Morgan fingerprint density at radius 2 is 2.00 bits per heavy atom. The van der Waals surface area contributed by atoms with Gasteiger partial charge in [-0.05, 0) is 36.8 Å². The molecule has 0 spiro atoms. The molecule has 1 aromatic carbocycles. The fourth-order valence-corrected chi connectivity index (χ4v) is 2.18. The maximum Gasteiger partial charge on any atom is 0.132 e. The Balaban J connectivity index is 1.75. The number of nitrogens with zero attached hydrogens (tertiary/aromatic N) is 4. The smallest absolute Gasteiger partial charge is 0.132 e. The van der Waals surface area contributed by atoms with Crippen LogP contribution in [0, 0.1) is 0 Å². The molecule has 0 bridgehead atoms. The highest BCUT2D eigenvalue weighted by Crippen LogP contribution is 2.21. The van der Waals surface area contributed by atoms with Crippen LogP contribution in [-0.4, -0.2) is 26.6 Å². The number of anilines is 1. The van der Waals surface area contributed by atoms with Gasteiger partial charge >= 0.3 is 0 Å². The van der Waals surface area contributed by atoms with Crippen molar-refractivity contribution in [2.75, 3.05) is 12.3 Å². The third kappa shape index (κ3) is 3.06. The van der Waals surface area contributed by atoms with Crippen molar-refractivity contribution in [1.82, 2.24) is 20.0 Å². The number of rotatable bonds is 5. The number of aromatic nitrogens is 4. The monoisotopic (exact) mass is 295 g/mol. The van der Waals surface area contributed by atoms with Gasteiger partial charge in [-0.15, -0.1) is 5.10 Å². The van der Waals surface area contributed by atoms with E-state index in [1.54, 1.807) is 10.9 Å². The lowest BCUT2D eigenvalue weighted by atomic mass is 10.2. The molecule has 0 saturated carbocycles. The van der Waals surface area contributed by atoms with Crippen LogP contribution in [0.25, 0.3) is 11.3 Å². The molecule has 3 aromatic rings. The number of hydrogen-bond donors (Lipinski definition) is 1. The van der Waals surface area contributed by atoms with E-state index in [0.717, 1.165) is 22.6 Å². The predicted octanol–water partition coefficient (Wildman–Crippen LogP) is 2.37. The number of pyridine rings is 1. The summed E-state index contributed by atoms with van der Waals surface area (Å²) in [4.78, 5) is 4.06. The lowest BCUT2D eigenvalue weighted by molar-refractivity contribution is 0.340. The minimum atomic E-state index is 0.454. The molecule has 0 atom stereocenters. The average Bonchev–Trinajstić information content (AvgIpc) is 2.98. The SMILES string of the molecule is CCOc1ccc(Cn2cc(-c3cccnc3N)nn2)cc1. The van der Waals surface area contributed by atoms with Crippen molar-refractivity contribution in [2.24, 2.45) is 0 Å². The van der Waals surface area contributed by atoms with Crippen molar-refractivity contribution in [3.05, 3.63) is 54.4 Å². The van der Waals surface area contributed by atoms with E-state index in [1.807, 2.05) is 49.5 Å². The van der Waals surface area contributed by atoms with Crippen LogP contribution in [0.1, 0.15) is 12.5 Å². The number of nitrogens with two attached hydrogens (primary N) is 1. The van der Waals surface area contributed by atoms with E-state index in [0.29, 0.717) is 19.0 Å². The summed E-state index contributed by atoms with van der Waals surface area (Å²) in [6.45, 7) is 3.27. The lowest BCUT2D eigenvalue weighted by Crippen LogP contribution is -2.00. The highest BCUT2D eigenvalue weighted by molar-refractivity contribution is 5.69. The predicted molar refractivity (Wildman–Crippen MR) is 84.4 cm³/mol. The van der Waals surface area contributed by atoms with Crippen LogP contribution in [0.2, 0.25) is 0 Å². The third-order valence-corrected chi connectivity index (χ3v) is 3.23. The van der Waals surface area contributed by atoms with Crippen LogP contribution in [0.15, 0.2) is 48.8 Å². The van der Waals surface area contributed by atoms with E-state index in [4.69, 9.17) is 10.5 Å². The van der Waals surface area contributed by atoms with Gasteiger partial charge in [0, 0.05) is 11.8 Å². The van der Waals surface area contributed by atoms with Crippen molar-refractivity contribution in [1.29, 1.82) is 0 Å². The summed E-state index contributed by atoms with van der Waals surface area (Å²) in [7, 11) is 0. The van der Waals surface area contributed by atoms with Gasteiger partial charge in [0.15, 0.2) is 0 Å². The second kappa shape index (κ2) is 6.26. The first-order valence-corrected chi connectivity index (χ1v) is 7.09. The molecule has 0 aliphatic rings. The van der Waals surface area contributed by atoms with Gasteiger partial charge in [-0.1, -0.05) is 17.3 Å². The summed E-state index contributed by atoms with van der Waals surface area (Å²) >= 11 is 0. The fourth-order valence-electron chi connectivity index (χ4n) is 2.18. The molecule has 3 rings (SSSR count). The molecule has 0 aliphatic heterocycles. The molecule has 2 heterocycles. The molecule has 0 unspecified atom stereocenters. The molecule has 0 aliphatic carbocycles. The molecule has 0 radical (unpaired) electrons. The van der Waals surface area contributed by atoms with Gasteiger partial charge < -0.3 is 10.5 Å². The fraction of sp³-hybridized carbons (Fsp3) is 0.188. The van der Waals surface area contributed by atoms with E-state index in [-0.39, 0.29) is 0 Å². The maximum atomic E-state index is 5.86. The molecular weight excluding hydrogens is 278 g/mol. The Morgan fingerprint density at radius 1 is 1.18 bits per heavy atom. The molecule has 0 amide bonds. The van der Waals surface area contributed by atoms with E-state index in [2.05, 4.69) is 15.3 Å². The summed E-state index contributed by atoms with van der Waals surface area (Å²) in [6, 6.07) is 11.7. The second-order valence-electron chi connectivity index (χ2n) is 4.81. The summed E-state index contributed by atoms with van der Waals surface area (Å²) < 4.78 is 7.21. The van der Waals surface area contributed by atoms with Crippen molar-refractivity contribution in [3.8, 4) is 17.0 Å². The van der Waals surface area contributed by atoms with Crippen LogP contribution >= 0.6 is 0 Å². The van der Waals surface area contributed by atoms with Gasteiger partial charge in [-0.25, -0.2) is 9.67 Å². The van der Waals surface area contributed by atoms with Crippen molar-refractivity contribution >= 4 is 5.82 Å². The molecular formula is C16H17N5O. The van der Waals surface area contributed by atoms with Gasteiger partial charge in [-0.2, -0.15) is 0 Å². The van der Waals surface area contributed by atoms with Gasteiger partial charge in [0.2, 0.25) is 0 Å². The second-order valence-corrected chi connectivity index (χ2v) is 4.81. The lowest BCUT2D eigenvalue weighted by Gasteiger charge is -2.04. The zero-order chi connectivity index (χ0) is 15.4. The average molecular weight is 295 g/mol. The quantitative estimate of drug-likeness (QED) is 0.781. The molecule has 2 N–H and O–H groups in total. The Bertz CT molecular complexity index is 751. The van der Waals surface area contributed by atoms with Gasteiger partial charge in [0.1, 0.15) is 17.3 Å². The molecule has 2 aromatic heterocycles. The first-order valence-electron chi connectivity index (χ1n) is 7.09. The largest absolute Gasteiger partial charge is 0.494 e. The van der Waals surface area contributed by atoms with Crippen LogP contribution in [0.4, 0.5) is 5.82 Å². The van der Waals surface area contributed by atoms with E-state index in [1.165, 1.54) is 0 Å². The van der Waals surface area contributed by atoms with E-state index < -0.39 is 0 Å². The third-order valence-electron chi connectivity index (χ3n) is 3.23. The van der Waals surface area contributed by atoms with Gasteiger partial charge in [0.25, 0.3) is 0 Å². The number of nitrogen functional groups attached to an aromatic ring is 1. The Kier molecular flexibility index (Phi) is 4.00. The summed E-state index contributed by atoms with van der Waals surface area (Å²) in [5.74, 6) is 1.32. The maximum absolute atomic E-state index is 5.86.